The van der Waals surface area contributed by atoms with Gasteiger partial charge in [-0.15, -0.1) is 0 Å². The van der Waals surface area contributed by atoms with E-state index in [-0.39, 0.29) is 12.5 Å². The van der Waals surface area contributed by atoms with Crippen LogP contribution in [0.3, 0.4) is 0 Å². The monoisotopic (exact) mass is 282 g/mol. The number of carbonyl (C=O) groups excluding carboxylic acids is 1. The fraction of sp³-hybridized carbons (Fsp3) is 0.133. The Morgan fingerprint density at radius 3 is 3.10 bits per heavy atom. The van der Waals surface area contributed by atoms with Crippen molar-refractivity contribution in [3.63, 3.8) is 0 Å². The van der Waals surface area contributed by atoms with Gasteiger partial charge in [0.25, 0.3) is 0 Å². The summed E-state index contributed by atoms with van der Waals surface area (Å²) in [4.78, 5) is 20.2. The molecule has 0 unspecified atom stereocenters. The fourth-order valence-corrected chi connectivity index (χ4v) is 2.05. The molecule has 1 amide bonds. The lowest BCUT2D eigenvalue weighted by Crippen LogP contribution is -2.16. The molecule has 6 nitrogen and oxygen atoms in total. The first-order chi connectivity index (χ1) is 10.3. The maximum Gasteiger partial charge on any atom is 0.250 e. The minimum absolute atomic E-state index is 0.0303. The fourth-order valence-electron chi connectivity index (χ4n) is 2.05. The molecule has 0 spiro atoms. The first-order valence-corrected chi connectivity index (χ1v) is 6.45. The number of nitrogens with zero attached hydrogens (tertiary/aromatic N) is 3. The highest BCUT2D eigenvalue weighted by molar-refractivity contribution is 5.92. The summed E-state index contributed by atoms with van der Waals surface area (Å²) in [7, 11) is 1.49. The van der Waals surface area contributed by atoms with Crippen molar-refractivity contribution in [2.45, 2.75) is 0 Å². The van der Waals surface area contributed by atoms with Crippen LogP contribution in [0.5, 0.6) is 0 Å². The van der Waals surface area contributed by atoms with E-state index in [4.69, 9.17) is 4.74 Å². The summed E-state index contributed by atoms with van der Waals surface area (Å²) in [5.74, 6) is 0.452. The summed E-state index contributed by atoms with van der Waals surface area (Å²) >= 11 is 0. The van der Waals surface area contributed by atoms with Gasteiger partial charge in [-0.25, -0.2) is 9.97 Å². The number of rotatable bonds is 4. The Hall–Kier alpha value is -2.73. The van der Waals surface area contributed by atoms with Crippen molar-refractivity contribution in [2.75, 3.05) is 19.0 Å². The van der Waals surface area contributed by atoms with Crippen LogP contribution in [0.2, 0.25) is 0 Å². The van der Waals surface area contributed by atoms with Crippen molar-refractivity contribution in [2.24, 2.45) is 0 Å². The maximum absolute atomic E-state index is 11.5. The second-order valence-corrected chi connectivity index (χ2v) is 4.52. The molecule has 0 saturated heterocycles. The number of imidazole rings is 1. The van der Waals surface area contributed by atoms with Gasteiger partial charge in [-0.05, 0) is 18.2 Å². The van der Waals surface area contributed by atoms with Crippen LogP contribution in [0, 0.1) is 0 Å². The quantitative estimate of drug-likeness (QED) is 0.794. The topological polar surface area (TPSA) is 68.5 Å². The molecule has 0 radical (unpaired) electrons. The normalized spacial score (nSPS) is 10.7. The largest absolute Gasteiger partial charge is 0.375 e. The molecule has 0 bridgehead atoms. The standard InChI is InChI=1S/C15H14N4O2/c1-21-10-14(20)17-12-5-2-4-11(8-12)13-9-19-7-3-6-16-15(19)18-13/h2-9H,10H2,1H3,(H,17,20). The molecular weight excluding hydrogens is 268 g/mol. The molecule has 3 aromatic rings. The van der Waals surface area contributed by atoms with Gasteiger partial charge in [-0.3, -0.25) is 9.20 Å². The molecule has 0 fully saturated rings. The highest BCUT2D eigenvalue weighted by Crippen LogP contribution is 2.21. The third-order valence-electron chi connectivity index (χ3n) is 2.95. The zero-order valence-electron chi connectivity index (χ0n) is 11.5. The van der Waals surface area contributed by atoms with E-state index in [0.717, 1.165) is 11.3 Å². The maximum atomic E-state index is 11.5. The average molecular weight is 282 g/mol. The molecule has 0 saturated carbocycles. The van der Waals surface area contributed by atoms with E-state index >= 15 is 0 Å². The first kappa shape index (κ1) is 13.3. The van der Waals surface area contributed by atoms with Crippen molar-refractivity contribution >= 4 is 17.4 Å². The summed E-state index contributed by atoms with van der Waals surface area (Å²) in [5.41, 5.74) is 2.42. The van der Waals surface area contributed by atoms with Gasteiger partial charge in [0.2, 0.25) is 11.7 Å². The van der Waals surface area contributed by atoms with Gasteiger partial charge in [-0.1, -0.05) is 12.1 Å². The van der Waals surface area contributed by atoms with E-state index in [1.165, 1.54) is 7.11 Å². The lowest BCUT2D eigenvalue weighted by Gasteiger charge is -2.05. The SMILES string of the molecule is COCC(=O)Nc1cccc(-c2cn3cccnc3n2)c1. The number of ether oxygens (including phenoxy) is 1. The van der Waals surface area contributed by atoms with Crippen LogP contribution in [0.4, 0.5) is 5.69 Å². The Morgan fingerprint density at radius 1 is 1.38 bits per heavy atom. The number of hydrogen-bond donors (Lipinski definition) is 1. The molecular formula is C15H14N4O2. The number of benzene rings is 1. The molecule has 0 aliphatic heterocycles. The highest BCUT2D eigenvalue weighted by Gasteiger charge is 2.07. The number of carbonyl (C=O) groups is 1. The van der Waals surface area contributed by atoms with Crippen LogP contribution in [0.15, 0.2) is 48.9 Å². The third-order valence-corrected chi connectivity index (χ3v) is 2.95. The summed E-state index contributed by atoms with van der Waals surface area (Å²) < 4.78 is 6.65. The Balaban J connectivity index is 1.90. The predicted octanol–water partition coefficient (Wildman–Crippen LogP) is 1.98. The molecule has 2 heterocycles. The van der Waals surface area contributed by atoms with E-state index in [1.54, 1.807) is 6.20 Å². The zero-order valence-corrected chi connectivity index (χ0v) is 11.5. The Labute approximate surface area is 121 Å². The summed E-state index contributed by atoms with van der Waals surface area (Å²) in [5, 5.41) is 2.77. The number of fused-ring (bicyclic) bond motifs is 1. The minimum Gasteiger partial charge on any atom is -0.375 e. The molecule has 2 aromatic heterocycles. The number of methoxy groups -OCH3 is 1. The summed E-state index contributed by atoms with van der Waals surface area (Å²) in [6.45, 7) is 0.0303. The zero-order chi connectivity index (χ0) is 14.7. The highest BCUT2D eigenvalue weighted by atomic mass is 16.5. The number of nitrogens with one attached hydrogen (secondary N) is 1. The van der Waals surface area contributed by atoms with Crippen LogP contribution in [-0.4, -0.2) is 34.0 Å². The van der Waals surface area contributed by atoms with Gasteiger partial charge in [0.1, 0.15) is 6.61 Å². The van der Waals surface area contributed by atoms with Gasteiger partial charge in [-0.2, -0.15) is 0 Å². The van der Waals surface area contributed by atoms with E-state index in [9.17, 15) is 4.79 Å². The summed E-state index contributed by atoms with van der Waals surface area (Å²) in [6.07, 6.45) is 5.50. The van der Waals surface area contributed by atoms with Crippen molar-refractivity contribution in [1.29, 1.82) is 0 Å². The lowest BCUT2D eigenvalue weighted by atomic mass is 10.1. The van der Waals surface area contributed by atoms with E-state index < -0.39 is 0 Å². The van der Waals surface area contributed by atoms with Gasteiger partial charge in [0.05, 0.1) is 5.69 Å². The molecule has 0 atom stereocenters. The molecule has 1 N–H and O–H groups in total. The molecule has 1 aromatic carbocycles. The smallest absolute Gasteiger partial charge is 0.250 e. The van der Waals surface area contributed by atoms with Crippen LogP contribution in [0.25, 0.3) is 17.0 Å². The van der Waals surface area contributed by atoms with Crippen LogP contribution >= 0.6 is 0 Å². The van der Waals surface area contributed by atoms with Gasteiger partial charge in [0, 0.05) is 37.0 Å². The number of hydrogen-bond acceptors (Lipinski definition) is 4. The third kappa shape index (κ3) is 2.90. The molecule has 106 valence electrons. The van der Waals surface area contributed by atoms with Crippen LogP contribution in [0.1, 0.15) is 0 Å². The number of aromatic nitrogens is 3. The predicted molar refractivity (Wildman–Crippen MR) is 78.9 cm³/mol. The Kier molecular flexibility index (Phi) is 3.61. The van der Waals surface area contributed by atoms with Crippen LogP contribution in [-0.2, 0) is 9.53 Å². The second kappa shape index (κ2) is 5.72. The minimum atomic E-state index is -0.189. The van der Waals surface area contributed by atoms with Crippen molar-refractivity contribution < 1.29 is 9.53 Å². The molecule has 0 aliphatic carbocycles. The first-order valence-electron chi connectivity index (χ1n) is 6.45. The average Bonchev–Trinajstić information content (AvgIpc) is 2.91. The van der Waals surface area contributed by atoms with Gasteiger partial charge >= 0.3 is 0 Å². The molecule has 21 heavy (non-hydrogen) atoms. The number of anilines is 1. The molecule has 6 heteroatoms. The van der Waals surface area contributed by atoms with Crippen molar-refractivity contribution in [3.05, 3.63) is 48.9 Å². The summed E-state index contributed by atoms with van der Waals surface area (Å²) in [6, 6.07) is 9.35. The van der Waals surface area contributed by atoms with Crippen LogP contribution < -0.4 is 5.32 Å². The second-order valence-electron chi connectivity index (χ2n) is 4.52. The molecule has 0 aliphatic rings. The Morgan fingerprint density at radius 2 is 2.29 bits per heavy atom. The van der Waals surface area contributed by atoms with E-state index in [1.807, 2.05) is 47.1 Å². The number of amides is 1. The van der Waals surface area contributed by atoms with Crippen molar-refractivity contribution in [1.82, 2.24) is 14.4 Å². The van der Waals surface area contributed by atoms with E-state index in [2.05, 4.69) is 15.3 Å². The van der Waals surface area contributed by atoms with E-state index in [0.29, 0.717) is 11.5 Å². The van der Waals surface area contributed by atoms with Gasteiger partial charge < -0.3 is 10.1 Å². The Bertz CT molecular complexity index is 749. The molecule has 3 rings (SSSR count). The lowest BCUT2D eigenvalue weighted by molar-refractivity contribution is -0.119. The van der Waals surface area contributed by atoms with Gasteiger partial charge in [0.15, 0.2) is 0 Å². The van der Waals surface area contributed by atoms with Crippen molar-refractivity contribution in [3.8, 4) is 11.3 Å².